The summed E-state index contributed by atoms with van der Waals surface area (Å²) >= 11 is 7.57. The molecule has 3 N–H and O–H groups in total. The van der Waals surface area contributed by atoms with E-state index in [0.717, 1.165) is 6.42 Å². The Bertz CT molecular complexity index is 527. The first-order valence-electron chi connectivity index (χ1n) is 5.71. The number of nitrogen functional groups attached to an aromatic ring is 1. The molecule has 0 aromatic carbocycles. The van der Waals surface area contributed by atoms with Gasteiger partial charge in [-0.3, -0.25) is 0 Å². The van der Waals surface area contributed by atoms with Crippen molar-refractivity contribution in [2.45, 2.75) is 26.3 Å². The lowest BCUT2D eigenvalue weighted by Gasteiger charge is -2.18. The molecule has 0 bridgehead atoms. The Morgan fingerprint density at radius 2 is 2.28 bits per heavy atom. The van der Waals surface area contributed by atoms with Gasteiger partial charge in [-0.2, -0.15) is 4.98 Å². The molecule has 1 atom stereocenters. The highest BCUT2D eigenvalue weighted by Crippen LogP contribution is 2.29. The van der Waals surface area contributed by atoms with E-state index in [4.69, 9.17) is 17.3 Å². The van der Waals surface area contributed by atoms with Crippen LogP contribution in [0.5, 0.6) is 0 Å². The van der Waals surface area contributed by atoms with Crippen molar-refractivity contribution in [3.8, 4) is 0 Å². The van der Waals surface area contributed by atoms with Gasteiger partial charge in [-0.25, -0.2) is 4.98 Å². The van der Waals surface area contributed by atoms with Gasteiger partial charge >= 0.3 is 0 Å². The summed E-state index contributed by atoms with van der Waals surface area (Å²) in [7, 11) is 0. The fourth-order valence-corrected chi connectivity index (χ4v) is 2.76. The smallest absolute Gasteiger partial charge is 0.224 e. The highest BCUT2D eigenvalue weighted by atomic mass is 35.5. The molecule has 4 nitrogen and oxygen atoms in total. The quantitative estimate of drug-likeness (QED) is 0.840. The molecule has 0 radical (unpaired) electrons. The summed E-state index contributed by atoms with van der Waals surface area (Å²) in [6.07, 6.45) is 0.945. The summed E-state index contributed by atoms with van der Waals surface area (Å²) < 4.78 is 0. The van der Waals surface area contributed by atoms with Gasteiger partial charge in [0.05, 0.1) is 17.4 Å². The van der Waals surface area contributed by atoms with Crippen molar-refractivity contribution in [2.75, 3.05) is 11.1 Å². The van der Waals surface area contributed by atoms with Gasteiger partial charge in [0.1, 0.15) is 0 Å². The summed E-state index contributed by atoms with van der Waals surface area (Å²) in [5.74, 6) is 0.604. The maximum Gasteiger partial charge on any atom is 0.224 e. The lowest BCUT2D eigenvalue weighted by molar-refractivity contribution is 0.758. The number of halogens is 1. The summed E-state index contributed by atoms with van der Waals surface area (Å²) in [5.41, 5.74) is 7.21. The molecule has 0 saturated heterocycles. The van der Waals surface area contributed by atoms with Crippen LogP contribution in [-0.2, 0) is 0 Å². The first-order valence-corrected chi connectivity index (χ1v) is 6.97. The predicted molar refractivity (Wildman–Crippen MR) is 77.2 cm³/mol. The van der Waals surface area contributed by atoms with Gasteiger partial charge in [0, 0.05) is 4.88 Å². The zero-order valence-electron chi connectivity index (χ0n) is 10.3. The minimum Gasteiger partial charge on any atom is -0.394 e. The summed E-state index contributed by atoms with van der Waals surface area (Å²) in [5, 5.41) is 5.60. The molecule has 18 heavy (non-hydrogen) atoms. The molecule has 0 fully saturated rings. The van der Waals surface area contributed by atoms with E-state index < -0.39 is 0 Å². The zero-order chi connectivity index (χ0) is 13.1. The van der Waals surface area contributed by atoms with E-state index in [1.54, 1.807) is 11.3 Å². The predicted octanol–water partition coefficient (Wildman–Crippen LogP) is 3.65. The van der Waals surface area contributed by atoms with Crippen molar-refractivity contribution >= 4 is 34.4 Å². The molecular formula is C12H15ClN4S. The molecule has 2 aromatic rings. The number of rotatable bonds is 4. The number of nitrogens with zero attached hydrogens (tertiary/aromatic N) is 2. The molecule has 1 unspecified atom stereocenters. The van der Waals surface area contributed by atoms with E-state index in [1.807, 2.05) is 13.0 Å². The number of hydrogen-bond donors (Lipinski definition) is 2. The Balaban J connectivity index is 2.28. The minimum absolute atomic E-state index is 0.192. The van der Waals surface area contributed by atoms with E-state index in [9.17, 15) is 0 Å². The SMILES string of the molecule is CCC(Nc1nc(Cl)nc(C)c1N)c1cccs1. The second-order valence-electron chi connectivity index (χ2n) is 3.96. The van der Waals surface area contributed by atoms with Crippen LogP contribution in [0.1, 0.15) is 30.0 Å². The molecule has 96 valence electrons. The van der Waals surface area contributed by atoms with E-state index in [0.29, 0.717) is 17.2 Å². The van der Waals surface area contributed by atoms with Crippen molar-refractivity contribution in [2.24, 2.45) is 0 Å². The van der Waals surface area contributed by atoms with Crippen LogP contribution in [0.25, 0.3) is 0 Å². The maximum absolute atomic E-state index is 5.97. The molecule has 0 aliphatic carbocycles. The number of nitrogens with two attached hydrogens (primary N) is 1. The lowest BCUT2D eigenvalue weighted by Crippen LogP contribution is -2.12. The Labute approximate surface area is 115 Å². The second kappa shape index (κ2) is 5.54. The molecule has 2 aromatic heterocycles. The van der Waals surface area contributed by atoms with E-state index >= 15 is 0 Å². The number of thiophene rings is 1. The van der Waals surface area contributed by atoms with E-state index in [-0.39, 0.29) is 11.3 Å². The fraction of sp³-hybridized carbons (Fsp3) is 0.333. The molecule has 0 aliphatic rings. The monoisotopic (exact) mass is 282 g/mol. The summed E-state index contributed by atoms with van der Waals surface area (Å²) in [6.45, 7) is 3.93. The number of anilines is 2. The van der Waals surface area contributed by atoms with Gasteiger partial charge in [0.2, 0.25) is 5.28 Å². The topological polar surface area (TPSA) is 63.8 Å². The van der Waals surface area contributed by atoms with Gasteiger partial charge in [-0.05, 0) is 36.4 Å². The molecular weight excluding hydrogens is 268 g/mol. The van der Waals surface area contributed by atoms with Crippen LogP contribution in [0.4, 0.5) is 11.5 Å². The maximum atomic E-state index is 5.97. The molecule has 2 rings (SSSR count). The zero-order valence-corrected chi connectivity index (χ0v) is 11.8. The first kappa shape index (κ1) is 13.1. The standard InChI is InChI=1S/C12H15ClN4S/c1-3-8(9-5-4-6-18-9)16-11-10(14)7(2)15-12(13)17-11/h4-6,8H,3,14H2,1-2H3,(H,15,16,17). The minimum atomic E-state index is 0.192. The Morgan fingerprint density at radius 3 is 2.89 bits per heavy atom. The Morgan fingerprint density at radius 1 is 1.50 bits per heavy atom. The largest absolute Gasteiger partial charge is 0.394 e. The van der Waals surface area contributed by atoms with Gasteiger partial charge in [0.25, 0.3) is 0 Å². The molecule has 0 spiro atoms. The fourth-order valence-electron chi connectivity index (χ4n) is 1.69. The second-order valence-corrected chi connectivity index (χ2v) is 5.28. The van der Waals surface area contributed by atoms with Crippen LogP contribution in [0.2, 0.25) is 5.28 Å². The number of aryl methyl sites for hydroxylation is 1. The van der Waals surface area contributed by atoms with Crippen LogP contribution < -0.4 is 11.1 Å². The normalized spacial score (nSPS) is 12.4. The van der Waals surface area contributed by atoms with Gasteiger partial charge < -0.3 is 11.1 Å². The van der Waals surface area contributed by atoms with Gasteiger partial charge in [-0.1, -0.05) is 13.0 Å². The van der Waals surface area contributed by atoms with Crippen LogP contribution >= 0.6 is 22.9 Å². The van der Waals surface area contributed by atoms with Crippen LogP contribution in [-0.4, -0.2) is 9.97 Å². The van der Waals surface area contributed by atoms with Crippen molar-refractivity contribution in [3.05, 3.63) is 33.4 Å². The number of aromatic nitrogens is 2. The van der Waals surface area contributed by atoms with Crippen LogP contribution in [0.15, 0.2) is 17.5 Å². The van der Waals surface area contributed by atoms with Crippen LogP contribution in [0.3, 0.4) is 0 Å². The van der Waals surface area contributed by atoms with Crippen molar-refractivity contribution in [3.63, 3.8) is 0 Å². The van der Waals surface area contributed by atoms with Gasteiger partial charge in [0.15, 0.2) is 5.82 Å². The molecule has 0 saturated carbocycles. The lowest BCUT2D eigenvalue weighted by atomic mass is 10.2. The van der Waals surface area contributed by atoms with Crippen LogP contribution in [0, 0.1) is 6.92 Å². The highest BCUT2D eigenvalue weighted by Gasteiger charge is 2.14. The Hall–Kier alpha value is -1.33. The number of nitrogens with one attached hydrogen (secondary N) is 1. The summed E-state index contributed by atoms with van der Waals surface area (Å²) in [6, 6.07) is 4.32. The first-order chi connectivity index (χ1) is 8.61. The van der Waals surface area contributed by atoms with Crippen molar-refractivity contribution in [1.82, 2.24) is 9.97 Å². The van der Waals surface area contributed by atoms with E-state index in [1.165, 1.54) is 4.88 Å². The highest BCUT2D eigenvalue weighted by molar-refractivity contribution is 7.10. The van der Waals surface area contributed by atoms with Crippen molar-refractivity contribution in [1.29, 1.82) is 0 Å². The average Bonchev–Trinajstić information content (AvgIpc) is 2.85. The summed E-state index contributed by atoms with van der Waals surface area (Å²) in [4.78, 5) is 9.43. The third-order valence-electron chi connectivity index (χ3n) is 2.71. The molecule has 2 heterocycles. The average molecular weight is 283 g/mol. The number of hydrogen-bond acceptors (Lipinski definition) is 5. The third kappa shape index (κ3) is 2.73. The third-order valence-corrected chi connectivity index (χ3v) is 3.87. The van der Waals surface area contributed by atoms with Gasteiger partial charge in [-0.15, -0.1) is 11.3 Å². The molecule has 0 amide bonds. The van der Waals surface area contributed by atoms with Crippen molar-refractivity contribution < 1.29 is 0 Å². The van der Waals surface area contributed by atoms with E-state index in [2.05, 4.69) is 33.7 Å². The molecule has 6 heteroatoms. The molecule has 0 aliphatic heterocycles. The Kier molecular flexibility index (Phi) is 4.04.